The summed E-state index contributed by atoms with van der Waals surface area (Å²) in [5.74, 6) is -0.374. The van der Waals surface area contributed by atoms with Gasteiger partial charge in [-0.1, -0.05) is 20.8 Å². The first kappa shape index (κ1) is 29.3. The lowest BCUT2D eigenvalue weighted by atomic mass is 9.97. The number of methoxy groups -OCH3 is 1. The first-order valence-corrected chi connectivity index (χ1v) is 14.0. The molecule has 0 aromatic carbocycles. The van der Waals surface area contributed by atoms with E-state index in [1.807, 2.05) is 20.8 Å². The van der Waals surface area contributed by atoms with Gasteiger partial charge in [0.05, 0.1) is 24.2 Å². The van der Waals surface area contributed by atoms with E-state index in [4.69, 9.17) is 18.6 Å². The highest BCUT2D eigenvalue weighted by atomic mass is 28.4. The first-order valence-electron chi connectivity index (χ1n) is 11.1. The van der Waals surface area contributed by atoms with Gasteiger partial charge >= 0.3 is 12.1 Å². The van der Waals surface area contributed by atoms with E-state index < -0.39 is 50.4 Å². The van der Waals surface area contributed by atoms with E-state index in [0.29, 0.717) is 0 Å². The lowest BCUT2D eigenvalue weighted by molar-refractivity contribution is -0.202. The smallest absolute Gasteiger partial charge is 0.413 e. The Morgan fingerprint density at radius 3 is 2.06 bits per heavy atom. The Balaban J connectivity index is 2.77. The van der Waals surface area contributed by atoms with Crippen LogP contribution in [-0.2, 0) is 23.4 Å². The van der Waals surface area contributed by atoms with Crippen LogP contribution in [-0.4, -0.2) is 69.8 Å². The third-order valence-corrected chi connectivity index (χ3v) is 10.8. The van der Waals surface area contributed by atoms with Crippen molar-refractivity contribution in [3.05, 3.63) is 0 Å². The van der Waals surface area contributed by atoms with Crippen molar-refractivity contribution < 1.29 is 41.7 Å². The number of hydrogen-bond acceptors (Lipinski definition) is 6. The zero-order valence-electron chi connectivity index (χ0n) is 20.8. The summed E-state index contributed by atoms with van der Waals surface area (Å²) in [4.78, 5) is 11.9. The summed E-state index contributed by atoms with van der Waals surface area (Å²) in [6.45, 7) is 14.5. The van der Waals surface area contributed by atoms with Crippen LogP contribution in [0.3, 0.4) is 0 Å². The molecule has 5 unspecified atom stereocenters. The Morgan fingerprint density at radius 1 is 1.06 bits per heavy atom. The van der Waals surface area contributed by atoms with Gasteiger partial charge in [0.15, 0.2) is 8.32 Å². The Hall–Kier alpha value is -0.683. The fraction of sp³-hybridized carbons (Fsp3) is 0.955. The van der Waals surface area contributed by atoms with Crippen molar-refractivity contribution >= 4 is 14.3 Å². The van der Waals surface area contributed by atoms with Gasteiger partial charge < -0.3 is 23.7 Å². The number of ether oxygens (including phenoxy) is 3. The Morgan fingerprint density at radius 2 is 1.62 bits per heavy atom. The van der Waals surface area contributed by atoms with Gasteiger partial charge in [-0.25, -0.2) is 0 Å². The largest absolute Gasteiger partial charge is 0.465 e. The van der Waals surface area contributed by atoms with E-state index >= 15 is 0 Å². The van der Waals surface area contributed by atoms with Crippen LogP contribution in [0.15, 0.2) is 0 Å². The molecule has 1 fully saturated rings. The molecule has 1 saturated heterocycles. The first-order chi connectivity index (χ1) is 14.3. The van der Waals surface area contributed by atoms with Crippen LogP contribution in [0.2, 0.25) is 18.1 Å². The topological polar surface area (TPSA) is 74.2 Å². The molecule has 0 amide bonds. The summed E-state index contributed by atoms with van der Waals surface area (Å²) in [6.07, 6.45) is -9.66. The lowest BCUT2D eigenvalue weighted by Crippen LogP contribution is -2.48. The Labute approximate surface area is 191 Å². The van der Waals surface area contributed by atoms with Crippen molar-refractivity contribution in [2.75, 3.05) is 13.7 Å². The predicted molar refractivity (Wildman–Crippen MR) is 118 cm³/mol. The molecule has 190 valence electrons. The molecule has 0 bridgehead atoms. The maximum absolute atomic E-state index is 13.7. The predicted octanol–water partition coefficient (Wildman–Crippen LogP) is 4.84. The maximum atomic E-state index is 13.7. The van der Waals surface area contributed by atoms with Gasteiger partial charge in [-0.05, 0) is 51.7 Å². The van der Waals surface area contributed by atoms with E-state index in [2.05, 4.69) is 0 Å². The highest BCUT2D eigenvalue weighted by Gasteiger charge is 2.49. The molecule has 0 spiro atoms. The van der Waals surface area contributed by atoms with Crippen molar-refractivity contribution in [2.24, 2.45) is 5.41 Å². The molecule has 1 rings (SSSR count). The molecule has 5 atom stereocenters. The van der Waals surface area contributed by atoms with E-state index in [-0.39, 0.29) is 36.9 Å². The highest BCUT2D eigenvalue weighted by Crippen LogP contribution is 2.41. The van der Waals surface area contributed by atoms with Gasteiger partial charge in [-0.3, -0.25) is 4.79 Å². The van der Waals surface area contributed by atoms with E-state index in [1.54, 1.807) is 33.9 Å². The minimum atomic E-state index is -4.50. The van der Waals surface area contributed by atoms with Gasteiger partial charge in [0.25, 0.3) is 0 Å². The third kappa shape index (κ3) is 7.97. The third-order valence-electron chi connectivity index (χ3n) is 6.28. The second kappa shape index (κ2) is 10.7. The number of carbonyl (C=O) groups is 1. The molecular weight excluding hydrogens is 445 g/mol. The van der Waals surface area contributed by atoms with Crippen molar-refractivity contribution in [3.63, 3.8) is 0 Å². The molecule has 6 nitrogen and oxygen atoms in total. The van der Waals surface area contributed by atoms with Crippen LogP contribution in [0.1, 0.15) is 60.8 Å². The zero-order valence-corrected chi connectivity index (χ0v) is 21.8. The molecule has 0 aromatic rings. The summed E-state index contributed by atoms with van der Waals surface area (Å²) in [5, 5.41) is 10.2. The Bertz CT molecular complexity index is 612. The van der Waals surface area contributed by atoms with Crippen molar-refractivity contribution in [1.82, 2.24) is 0 Å². The van der Waals surface area contributed by atoms with E-state index in [1.165, 1.54) is 7.11 Å². The molecule has 1 heterocycles. The zero-order chi connectivity index (χ0) is 25.1. The second-order valence-electron chi connectivity index (χ2n) is 11.1. The molecule has 0 radical (unpaired) electrons. The fourth-order valence-corrected chi connectivity index (χ4v) is 4.51. The van der Waals surface area contributed by atoms with Crippen LogP contribution in [0.5, 0.6) is 0 Å². The van der Waals surface area contributed by atoms with Crippen LogP contribution < -0.4 is 0 Å². The molecule has 10 heteroatoms. The van der Waals surface area contributed by atoms with Crippen LogP contribution >= 0.6 is 0 Å². The molecular formula is C22H41F3O6Si. The summed E-state index contributed by atoms with van der Waals surface area (Å²) < 4.78 is 63.2. The van der Waals surface area contributed by atoms with Crippen molar-refractivity contribution in [1.29, 1.82) is 0 Å². The van der Waals surface area contributed by atoms with Crippen LogP contribution in [0.25, 0.3) is 0 Å². The van der Waals surface area contributed by atoms with Crippen molar-refractivity contribution in [2.45, 2.75) is 116 Å². The van der Waals surface area contributed by atoms with Crippen LogP contribution in [0.4, 0.5) is 13.2 Å². The average molecular weight is 487 g/mol. The number of hydrogen-bond donors (Lipinski definition) is 1. The molecule has 32 heavy (non-hydrogen) atoms. The number of aliphatic hydroxyl groups is 1. The molecule has 1 aliphatic heterocycles. The summed E-state index contributed by atoms with van der Waals surface area (Å²) in [6, 6.07) is 0. The summed E-state index contributed by atoms with van der Waals surface area (Å²) in [5.41, 5.74) is -0.649. The quantitative estimate of drug-likeness (QED) is 0.371. The molecule has 1 aliphatic rings. The number of rotatable bonds is 9. The highest BCUT2D eigenvalue weighted by molar-refractivity contribution is 6.74. The Kier molecular flexibility index (Phi) is 9.83. The van der Waals surface area contributed by atoms with Gasteiger partial charge in [0, 0.05) is 13.5 Å². The number of esters is 1. The summed E-state index contributed by atoms with van der Waals surface area (Å²) >= 11 is 0. The normalized spacial score (nSPS) is 26.3. The fourth-order valence-electron chi connectivity index (χ4n) is 3.20. The minimum Gasteiger partial charge on any atom is -0.465 e. The summed E-state index contributed by atoms with van der Waals surface area (Å²) in [7, 11) is -1.25. The monoisotopic (exact) mass is 486 g/mol. The molecule has 0 aliphatic carbocycles. The second-order valence-corrected chi connectivity index (χ2v) is 15.8. The van der Waals surface area contributed by atoms with Gasteiger partial charge in [-0.2, -0.15) is 13.2 Å². The minimum absolute atomic E-state index is 0.0205. The molecule has 0 saturated carbocycles. The van der Waals surface area contributed by atoms with Crippen LogP contribution in [0, 0.1) is 5.41 Å². The molecule has 1 N–H and O–H groups in total. The number of carbonyl (C=O) groups excluding carboxylic acids is 1. The SMILES string of the molecule is COC1C(CCC(O[Si](C)(C)C(C)(C)C)C(F)(F)F)OC(CCOC(=O)C(C)(C)C)C1O. The van der Waals surface area contributed by atoms with Gasteiger partial charge in [0.1, 0.15) is 18.3 Å². The lowest BCUT2D eigenvalue weighted by Gasteiger charge is -2.40. The standard InChI is InChI=1S/C22H41F3O6Si/c1-20(2,3)19(27)29-13-12-14-17(26)18(28-7)15(30-14)10-11-16(22(23,24)25)31-32(8,9)21(4,5)6/h14-18,26H,10-13H2,1-9H3. The van der Waals surface area contributed by atoms with Gasteiger partial charge in [-0.15, -0.1) is 0 Å². The maximum Gasteiger partial charge on any atom is 0.413 e. The van der Waals surface area contributed by atoms with Crippen molar-refractivity contribution in [3.8, 4) is 0 Å². The number of alkyl halides is 3. The van der Waals surface area contributed by atoms with Gasteiger partial charge in [0.2, 0.25) is 0 Å². The average Bonchev–Trinajstić information content (AvgIpc) is 2.90. The van der Waals surface area contributed by atoms with E-state index in [9.17, 15) is 23.1 Å². The van der Waals surface area contributed by atoms with E-state index in [0.717, 1.165) is 0 Å². The number of aliphatic hydroxyl groups excluding tert-OH is 1. The number of halogens is 3. The molecule has 0 aromatic heterocycles.